The fourth-order valence-electron chi connectivity index (χ4n) is 4.71. The fraction of sp³-hybridized carbons (Fsp3) is 0.250. The van der Waals surface area contributed by atoms with Gasteiger partial charge in [-0.1, -0.05) is 18.2 Å². The second-order valence-electron chi connectivity index (χ2n) is 9.83. The number of fused-ring (bicyclic) bond motifs is 1. The van der Waals surface area contributed by atoms with Crippen molar-refractivity contribution in [3.8, 4) is 34.0 Å². The molecule has 5 aromatic rings. The summed E-state index contributed by atoms with van der Waals surface area (Å²) >= 11 is 0. The first-order valence-electron chi connectivity index (χ1n) is 12.3. The second kappa shape index (κ2) is 9.81. The first-order chi connectivity index (χ1) is 19.2. The van der Waals surface area contributed by atoms with Gasteiger partial charge in [-0.25, -0.2) is 9.37 Å². The van der Waals surface area contributed by atoms with Crippen molar-refractivity contribution in [3.63, 3.8) is 0 Å². The van der Waals surface area contributed by atoms with Crippen molar-refractivity contribution in [2.75, 3.05) is 19.8 Å². The number of halogens is 4. The molecule has 8 nitrogen and oxygen atoms in total. The molecule has 0 amide bonds. The Bertz CT molecular complexity index is 1700. The van der Waals surface area contributed by atoms with Gasteiger partial charge in [-0.2, -0.15) is 13.2 Å². The van der Waals surface area contributed by atoms with Gasteiger partial charge in [-0.15, -0.1) is 10.2 Å². The Kier molecular flexibility index (Phi) is 6.40. The minimum absolute atomic E-state index is 0.00833. The monoisotopic (exact) mass is 553 g/mol. The Hall–Kier alpha value is -4.13. The Morgan fingerprint density at radius 2 is 1.85 bits per heavy atom. The van der Waals surface area contributed by atoms with Crippen LogP contribution in [0.4, 0.5) is 17.6 Å². The number of nitrogens with zero attached hydrogens (tertiary/aromatic N) is 4. The van der Waals surface area contributed by atoms with Crippen molar-refractivity contribution in [2.45, 2.75) is 18.3 Å². The van der Waals surface area contributed by atoms with Crippen LogP contribution in [0.5, 0.6) is 0 Å². The van der Waals surface area contributed by atoms with Gasteiger partial charge in [0, 0.05) is 24.7 Å². The third-order valence-electron chi connectivity index (χ3n) is 6.94. The highest BCUT2D eigenvalue weighted by atomic mass is 19.4. The van der Waals surface area contributed by atoms with Crippen LogP contribution < -0.4 is 5.32 Å². The SMILES string of the molecule is Cn1cnnc1-c1cc(F)ccc1-c1cccc(-c2nc3cc(CNC4(CO)COC4)cc(C(F)(F)F)c3o2)c1. The van der Waals surface area contributed by atoms with Crippen LogP contribution in [0, 0.1) is 5.82 Å². The predicted octanol–water partition coefficient (Wildman–Crippen LogP) is 4.97. The van der Waals surface area contributed by atoms with Crippen LogP contribution in [0.25, 0.3) is 45.1 Å². The molecule has 6 rings (SSSR count). The van der Waals surface area contributed by atoms with Gasteiger partial charge in [0.2, 0.25) is 5.89 Å². The number of benzene rings is 3. The number of aromatic nitrogens is 4. The maximum Gasteiger partial charge on any atom is 0.420 e. The van der Waals surface area contributed by atoms with Crippen LogP contribution in [0.1, 0.15) is 11.1 Å². The summed E-state index contributed by atoms with van der Waals surface area (Å²) in [7, 11) is 1.74. The molecule has 0 aliphatic carbocycles. The molecule has 206 valence electrons. The maximum atomic E-state index is 14.2. The van der Waals surface area contributed by atoms with E-state index in [0.717, 1.165) is 6.07 Å². The molecular weight excluding hydrogens is 530 g/mol. The summed E-state index contributed by atoms with van der Waals surface area (Å²) in [5.74, 6) is 0.0136. The number of aliphatic hydroxyl groups is 1. The van der Waals surface area contributed by atoms with Crippen LogP contribution in [0.2, 0.25) is 0 Å². The summed E-state index contributed by atoms with van der Waals surface area (Å²) in [6.07, 6.45) is -3.18. The molecule has 12 heteroatoms. The molecule has 1 aliphatic rings. The smallest absolute Gasteiger partial charge is 0.420 e. The van der Waals surface area contributed by atoms with Crippen molar-refractivity contribution >= 4 is 11.1 Å². The molecule has 3 aromatic carbocycles. The summed E-state index contributed by atoms with van der Waals surface area (Å²) in [6.45, 7) is 0.428. The molecule has 2 N–H and O–H groups in total. The van der Waals surface area contributed by atoms with E-state index in [1.807, 2.05) is 0 Å². The zero-order valence-corrected chi connectivity index (χ0v) is 21.2. The minimum Gasteiger partial charge on any atom is -0.435 e. The van der Waals surface area contributed by atoms with Crippen LogP contribution >= 0.6 is 0 Å². The number of hydrogen-bond acceptors (Lipinski definition) is 7. The van der Waals surface area contributed by atoms with Gasteiger partial charge in [-0.05, 0) is 53.1 Å². The van der Waals surface area contributed by atoms with Gasteiger partial charge in [-0.3, -0.25) is 0 Å². The molecule has 1 saturated heterocycles. The van der Waals surface area contributed by atoms with Crippen LogP contribution in [0.3, 0.4) is 0 Å². The Morgan fingerprint density at radius 3 is 2.52 bits per heavy atom. The first kappa shape index (κ1) is 26.1. The van der Waals surface area contributed by atoms with Gasteiger partial charge < -0.3 is 24.1 Å². The molecule has 1 fully saturated rings. The van der Waals surface area contributed by atoms with Crippen molar-refractivity contribution in [1.29, 1.82) is 0 Å². The summed E-state index contributed by atoms with van der Waals surface area (Å²) in [5.41, 5.74) is 0.666. The number of aryl methyl sites for hydroxylation is 1. The Morgan fingerprint density at radius 1 is 1.05 bits per heavy atom. The fourth-order valence-corrected chi connectivity index (χ4v) is 4.71. The number of oxazole rings is 1. The molecule has 0 spiro atoms. The molecule has 0 bridgehead atoms. The lowest BCUT2D eigenvalue weighted by atomic mass is 9.97. The number of hydrogen-bond donors (Lipinski definition) is 2. The van der Waals surface area contributed by atoms with E-state index < -0.39 is 23.1 Å². The minimum atomic E-state index is -4.68. The molecule has 40 heavy (non-hydrogen) atoms. The summed E-state index contributed by atoms with van der Waals surface area (Å²) in [6, 6.07) is 13.8. The van der Waals surface area contributed by atoms with Gasteiger partial charge in [0.05, 0.1) is 25.4 Å². The highest BCUT2D eigenvalue weighted by molar-refractivity contribution is 5.84. The van der Waals surface area contributed by atoms with Gasteiger partial charge in [0.25, 0.3) is 0 Å². The molecular formula is C28H23F4N5O3. The molecule has 0 atom stereocenters. The van der Waals surface area contributed by atoms with E-state index in [1.165, 1.54) is 24.5 Å². The molecule has 3 heterocycles. The third-order valence-corrected chi connectivity index (χ3v) is 6.94. The van der Waals surface area contributed by atoms with E-state index in [9.17, 15) is 22.7 Å². The van der Waals surface area contributed by atoms with E-state index in [0.29, 0.717) is 33.6 Å². The molecule has 1 aliphatic heterocycles. The average Bonchev–Trinajstić information content (AvgIpc) is 3.53. The number of ether oxygens (including phenoxy) is 1. The number of alkyl halides is 3. The van der Waals surface area contributed by atoms with Gasteiger partial charge in [0.1, 0.15) is 23.2 Å². The third kappa shape index (κ3) is 4.74. The van der Waals surface area contributed by atoms with Crippen LogP contribution in [0.15, 0.2) is 65.3 Å². The quantitative estimate of drug-likeness (QED) is 0.275. The number of aliphatic hydroxyl groups excluding tert-OH is 1. The van der Waals surface area contributed by atoms with E-state index in [1.54, 1.807) is 41.9 Å². The highest BCUT2D eigenvalue weighted by Gasteiger charge is 2.38. The highest BCUT2D eigenvalue weighted by Crippen LogP contribution is 2.39. The van der Waals surface area contributed by atoms with E-state index in [4.69, 9.17) is 9.15 Å². The summed E-state index contributed by atoms with van der Waals surface area (Å²) in [4.78, 5) is 4.40. The van der Waals surface area contributed by atoms with E-state index in [2.05, 4.69) is 20.5 Å². The van der Waals surface area contributed by atoms with Crippen LogP contribution in [-0.4, -0.2) is 50.2 Å². The zero-order valence-electron chi connectivity index (χ0n) is 21.2. The van der Waals surface area contributed by atoms with Gasteiger partial charge in [0.15, 0.2) is 11.4 Å². The summed E-state index contributed by atoms with van der Waals surface area (Å²) < 4.78 is 68.8. The lowest BCUT2D eigenvalue weighted by Crippen LogP contribution is -2.62. The van der Waals surface area contributed by atoms with E-state index in [-0.39, 0.29) is 43.4 Å². The topological polar surface area (TPSA) is 98.2 Å². The van der Waals surface area contributed by atoms with E-state index >= 15 is 0 Å². The molecule has 0 saturated carbocycles. The van der Waals surface area contributed by atoms with Crippen molar-refractivity contribution in [1.82, 2.24) is 25.1 Å². The predicted molar refractivity (Wildman–Crippen MR) is 137 cm³/mol. The van der Waals surface area contributed by atoms with Crippen LogP contribution in [-0.2, 0) is 24.5 Å². The number of rotatable bonds is 7. The molecule has 2 aromatic heterocycles. The lowest BCUT2D eigenvalue weighted by molar-refractivity contribution is -0.136. The largest absolute Gasteiger partial charge is 0.435 e. The van der Waals surface area contributed by atoms with Crippen molar-refractivity contribution in [3.05, 3.63) is 77.9 Å². The molecule has 0 radical (unpaired) electrons. The molecule has 0 unspecified atom stereocenters. The zero-order chi connectivity index (χ0) is 28.1. The standard InChI is InChI=1S/C28H23F4N5O3/c1-37-15-34-36-25(37)21-10-19(29)5-6-20(21)17-3-2-4-18(9-17)26-35-23-8-16(11-33-27(12-38)13-39-14-27)7-22(24(23)40-26)28(30,31)32/h2-10,15,33,38H,11-14H2,1H3. The Balaban J connectivity index is 1.40. The lowest BCUT2D eigenvalue weighted by Gasteiger charge is -2.40. The number of nitrogens with one attached hydrogen (secondary N) is 1. The first-order valence-corrected chi connectivity index (χ1v) is 12.3. The van der Waals surface area contributed by atoms with Crippen molar-refractivity contribution in [2.24, 2.45) is 7.05 Å². The summed E-state index contributed by atoms with van der Waals surface area (Å²) in [5, 5.41) is 20.7. The van der Waals surface area contributed by atoms with Gasteiger partial charge >= 0.3 is 6.18 Å². The maximum absolute atomic E-state index is 14.2. The average molecular weight is 554 g/mol. The Labute approximate surface area is 225 Å². The van der Waals surface area contributed by atoms with Crippen molar-refractivity contribution < 1.29 is 31.8 Å². The second-order valence-corrected chi connectivity index (χ2v) is 9.83. The normalized spacial score (nSPS) is 14.9.